The minimum absolute atomic E-state index is 0.103. The maximum Gasteiger partial charge on any atom is 0.291 e. The molecular formula is C25H27N3O2S. The first-order valence-corrected chi connectivity index (χ1v) is 11.4. The number of hydrogen-bond acceptors (Lipinski definition) is 5. The smallest absolute Gasteiger partial charge is 0.291 e. The molecular weight excluding hydrogens is 406 g/mol. The van der Waals surface area contributed by atoms with Crippen molar-refractivity contribution in [3.8, 4) is 17.1 Å². The molecule has 2 aromatic heterocycles. The van der Waals surface area contributed by atoms with E-state index >= 15 is 0 Å². The molecule has 5 nitrogen and oxygen atoms in total. The third-order valence-corrected chi connectivity index (χ3v) is 6.09. The normalized spacial score (nSPS) is 12.6. The molecule has 0 atom stereocenters. The van der Waals surface area contributed by atoms with Crippen molar-refractivity contribution in [3.05, 3.63) is 74.5 Å². The van der Waals surface area contributed by atoms with Crippen molar-refractivity contribution < 1.29 is 4.74 Å². The third-order valence-electron chi connectivity index (χ3n) is 5.14. The molecule has 0 amide bonds. The highest BCUT2D eigenvalue weighted by Crippen LogP contribution is 2.23. The molecule has 0 saturated carbocycles. The molecule has 0 bridgehead atoms. The number of fused-ring (bicyclic) bond motifs is 1. The summed E-state index contributed by atoms with van der Waals surface area (Å²) >= 11 is 1.36. The molecule has 0 fully saturated rings. The highest BCUT2D eigenvalue weighted by molar-refractivity contribution is 7.15. The number of rotatable bonds is 6. The zero-order valence-electron chi connectivity index (χ0n) is 18.4. The zero-order valence-corrected chi connectivity index (χ0v) is 19.2. The topological polar surface area (TPSA) is 56.5 Å². The van der Waals surface area contributed by atoms with Crippen molar-refractivity contribution in [2.24, 2.45) is 0 Å². The molecule has 0 aliphatic rings. The first-order chi connectivity index (χ1) is 14.8. The van der Waals surface area contributed by atoms with Gasteiger partial charge in [-0.05, 0) is 53.3 Å². The number of aromatic nitrogens is 3. The number of hydrogen-bond donors (Lipinski definition) is 0. The molecule has 0 aliphatic carbocycles. The minimum atomic E-state index is -0.141. The van der Waals surface area contributed by atoms with E-state index in [1.165, 1.54) is 21.4 Å². The maximum atomic E-state index is 12.8. The molecule has 31 heavy (non-hydrogen) atoms. The van der Waals surface area contributed by atoms with Gasteiger partial charge in [-0.25, -0.2) is 0 Å². The van der Waals surface area contributed by atoms with Crippen LogP contribution in [0.15, 0.2) is 53.3 Å². The van der Waals surface area contributed by atoms with Crippen LogP contribution in [0.4, 0.5) is 0 Å². The Labute approximate surface area is 186 Å². The molecule has 0 N–H and O–H groups in total. The van der Waals surface area contributed by atoms with Gasteiger partial charge in [0.05, 0.1) is 11.1 Å². The van der Waals surface area contributed by atoms with Crippen LogP contribution in [0, 0.1) is 0 Å². The summed E-state index contributed by atoms with van der Waals surface area (Å²) in [4.78, 5) is 18.0. The van der Waals surface area contributed by atoms with Gasteiger partial charge in [-0.3, -0.25) is 4.79 Å². The first-order valence-electron chi connectivity index (χ1n) is 10.6. The second-order valence-electron chi connectivity index (χ2n) is 8.64. The van der Waals surface area contributed by atoms with Crippen molar-refractivity contribution in [1.82, 2.24) is 14.6 Å². The molecule has 160 valence electrons. The summed E-state index contributed by atoms with van der Waals surface area (Å²) in [7, 11) is 0. The summed E-state index contributed by atoms with van der Waals surface area (Å²) in [5.41, 5.74) is 3.08. The summed E-state index contributed by atoms with van der Waals surface area (Å²) in [5.74, 6) is 1.38. The van der Waals surface area contributed by atoms with Gasteiger partial charge in [0, 0.05) is 5.56 Å². The van der Waals surface area contributed by atoms with Gasteiger partial charge in [-0.2, -0.15) is 9.50 Å². The van der Waals surface area contributed by atoms with Gasteiger partial charge < -0.3 is 4.74 Å². The van der Waals surface area contributed by atoms with Crippen LogP contribution in [0.25, 0.3) is 22.4 Å². The summed E-state index contributed by atoms with van der Waals surface area (Å²) in [5, 5.41) is 4.44. The molecule has 0 unspecified atom stereocenters. The molecule has 0 spiro atoms. The van der Waals surface area contributed by atoms with E-state index in [0.717, 1.165) is 29.7 Å². The molecule has 2 heterocycles. The van der Waals surface area contributed by atoms with Crippen LogP contribution in [0.1, 0.15) is 51.7 Å². The second-order valence-corrected chi connectivity index (χ2v) is 9.65. The molecule has 4 aromatic rings. The summed E-state index contributed by atoms with van der Waals surface area (Å²) in [6.45, 7) is 9.41. The van der Waals surface area contributed by atoms with E-state index in [1.54, 1.807) is 0 Å². The van der Waals surface area contributed by atoms with Gasteiger partial charge in [0.15, 0.2) is 5.82 Å². The lowest BCUT2D eigenvalue weighted by Gasteiger charge is -2.18. The van der Waals surface area contributed by atoms with E-state index in [9.17, 15) is 4.79 Å². The van der Waals surface area contributed by atoms with Gasteiger partial charge in [0.25, 0.3) is 5.56 Å². The average Bonchev–Trinajstić information content (AvgIpc) is 3.28. The van der Waals surface area contributed by atoms with Crippen molar-refractivity contribution in [2.45, 2.75) is 46.0 Å². The molecule has 0 aliphatic heterocycles. The highest BCUT2D eigenvalue weighted by atomic mass is 32.1. The lowest BCUT2D eigenvalue weighted by atomic mass is 9.87. The number of thiazole rings is 1. The zero-order chi connectivity index (χ0) is 22.0. The number of ether oxygens (including phenoxy) is 1. The van der Waals surface area contributed by atoms with Crippen molar-refractivity contribution in [3.63, 3.8) is 0 Å². The van der Waals surface area contributed by atoms with Crippen molar-refractivity contribution >= 4 is 22.4 Å². The SMILES string of the molecule is CCCCOc1ccc(-c2nc3s/c(=C\c4ccc(C(C)(C)C)cc4)c(=O)n3n2)cc1. The van der Waals surface area contributed by atoms with E-state index in [1.807, 2.05) is 42.5 Å². The summed E-state index contributed by atoms with van der Waals surface area (Å²) in [6.07, 6.45) is 4.04. The Morgan fingerprint density at radius 1 is 1.06 bits per heavy atom. The standard InChI is InChI=1S/C25H27N3O2S/c1-5-6-15-30-20-13-9-18(10-14-20)22-26-24-28(27-22)23(29)21(31-24)16-17-7-11-19(12-8-17)25(2,3)4/h7-14,16H,5-6,15H2,1-4H3/b21-16-. The van der Waals surface area contributed by atoms with E-state index in [-0.39, 0.29) is 11.0 Å². The monoisotopic (exact) mass is 433 g/mol. The van der Waals surface area contributed by atoms with E-state index < -0.39 is 0 Å². The lowest BCUT2D eigenvalue weighted by Crippen LogP contribution is -2.23. The average molecular weight is 434 g/mol. The Kier molecular flexibility index (Phi) is 5.92. The molecule has 0 saturated heterocycles. The van der Waals surface area contributed by atoms with E-state index in [2.05, 4.69) is 49.9 Å². The predicted octanol–water partition coefficient (Wildman–Crippen LogP) is 4.84. The van der Waals surface area contributed by atoms with Crippen LogP contribution in [0.3, 0.4) is 0 Å². The molecule has 4 rings (SSSR count). The quantitative estimate of drug-likeness (QED) is 0.408. The molecule has 0 radical (unpaired) electrons. The first kappa shape index (κ1) is 21.2. The van der Waals surface area contributed by atoms with Crippen LogP contribution in [0.2, 0.25) is 0 Å². The van der Waals surface area contributed by atoms with Crippen LogP contribution in [0.5, 0.6) is 5.75 Å². The predicted molar refractivity (Wildman–Crippen MR) is 127 cm³/mol. The number of nitrogens with zero attached hydrogens (tertiary/aromatic N) is 3. The molecule has 6 heteroatoms. The minimum Gasteiger partial charge on any atom is -0.494 e. The summed E-state index contributed by atoms with van der Waals surface area (Å²) in [6, 6.07) is 16.0. The summed E-state index contributed by atoms with van der Waals surface area (Å²) < 4.78 is 7.72. The Balaban J connectivity index is 1.58. The second kappa shape index (κ2) is 8.63. The van der Waals surface area contributed by atoms with E-state index in [4.69, 9.17) is 4.74 Å². The fourth-order valence-electron chi connectivity index (χ4n) is 3.22. The van der Waals surface area contributed by atoms with E-state index in [0.29, 0.717) is 21.9 Å². The Morgan fingerprint density at radius 2 is 1.77 bits per heavy atom. The Morgan fingerprint density at radius 3 is 2.39 bits per heavy atom. The van der Waals surface area contributed by atoms with Gasteiger partial charge in [-0.15, -0.1) is 5.10 Å². The largest absolute Gasteiger partial charge is 0.494 e. The molecule has 2 aromatic carbocycles. The van der Waals surface area contributed by atoms with Crippen molar-refractivity contribution in [1.29, 1.82) is 0 Å². The van der Waals surface area contributed by atoms with Crippen molar-refractivity contribution in [2.75, 3.05) is 6.61 Å². The fraction of sp³-hybridized carbons (Fsp3) is 0.320. The number of unbranched alkanes of at least 4 members (excludes halogenated alkanes) is 1. The number of benzene rings is 2. The van der Waals surface area contributed by atoms with Gasteiger partial charge in [0.2, 0.25) is 4.96 Å². The maximum absolute atomic E-state index is 12.8. The van der Waals surface area contributed by atoms with Gasteiger partial charge in [-0.1, -0.05) is 69.7 Å². The van der Waals surface area contributed by atoms with Gasteiger partial charge >= 0.3 is 0 Å². The van der Waals surface area contributed by atoms with Crippen LogP contribution >= 0.6 is 11.3 Å². The highest BCUT2D eigenvalue weighted by Gasteiger charge is 2.14. The van der Waals surface area contributed by atoms with Crippen LogP contribution in [-0.4, -0.2) is 21.2 Å². The fourth-order valence-corrected chi connectivity index (χ4v) is 4.13. The lowest BCUT2D eigenvalue weighted by molar-refractivity contribution is 0.309. The Hall–Kier alpha value is -2.99. The van der Waals surface area contributed by atoms with Gasteiger partial charge in [0.1, 0.15) is 5.75 Å². The van der Waals surface area contributed by atoms with Crippen LogP contribution < -0.4 is 14.8 Å². The Bertz CT molecular complexity index is 1280. The third kappa shape index (κ3) is 4.69. The van der Waals surface area contributed by atoms with Crippen LogP contribution in [-0.2, 0) is 5.41 Å².